The molecule has 3 heterocycles. The molecule has 0 aliphatic carbocycles. The van der Waals surface area contributed by atoms with Crippen molar-refractivity contribution in [3.05, 3.63) is 42.5 Å². The number of rotatable bonds is 8. The number of anilines is 1. The van der Waals surface area contributed by atoms with E-state index in [2.05, 4.69) is 17.1 Å². The highest BCUT2D eigenvalue weighted by molar-refractivity contribution is 5.95. The van der Waals surface area contributed by atoms with Crippen molar-refractivity contribution in [2.24, 2.45) is 0 Å². The first-order chi connectivity index (χ1) is 16.7. The van der Waals surface area contributed by atoms with Crippen molar-refractivity contribution in [2.45, 2.75) is 38.6 Å². The lowest BCUT2D eigenvalue weighted by molar-refractivity contribution is 0.160. The zero-order valence-electron chi connectivity index (χ0n) is 20.1. The van der Waals surface area contributed by atoms with Crippen LogP contribution in [0.25, 0.3) is 27.9 Å². The number of hydrogen-bond donors (Lipinski definition) is 1. The molecule has 178 valence electrons. The number of hydrogen-bond acceptors (Lipinski definition) is 7. The number of nitrogens with one attached hydrogen (secondary N) is 1. The first kappa shape index (κ1) is 22.4. The van der Waals surface area contributed by atoms with Gasteiger partial charge in [0.1, 0.15) is 0 Å². The number of likely N-dealkylation sites (tertiary alicyclic amines) is 1. The van der Waals surface area contributed by atoms with Gasteiger partial charge in [-0.3, -0.25) is 0 Å². The third-order valence-electron chi connectivity index (χ3n) is 6.65. The van der Waals surface area contributed by atoms with Gasteiger partial charge in [-0.25, -0.2) is 9.97 Å². The van der Waals surface area contributed by atoms with Gasteiger partial charge in [0.2, 0.25) is 5.95 Å². The minimum atomic E-state index is 0.638. The molecule has 8 heteroatoms. The van der Waals surface area contributed by atoms with Crippen molar-refractivity contribution >= 4 is 22.5 Å². The smallest absolute Gasteiger partial charge is 0.226 e. The molecule has 0 unspecified atom stereocenters. The fourth-order valence-corrected chi connectivity index (χ4v) is 4.73. The summed E-state index contributed by atoms with van der Waals surface area (Å²) in [6, 6.07) is 14.5. The lowest BCUT2D eigenvalue weighted by Crippen LogP contribution is -2.38. The molecule has 5 rings (SSSR count). The van der Waals surface area contributed by atoms with Crippen LogP contribution in [-0.2, 0) is 0 Å². The molecule has 1 saturated heterocycles. The molecule has 0 saturated carbocycles. The van der Waals surface area contributed by atoms with Gasteiger partial charge in [0.25, 0.3) is 0 Å². The highest BCUT2D eigenvalue weighted by atomic mass is 16.5. The molecule has 0 bridgehead atoms. The summed E-state index contributed by atoms with van der Waals surface area (Å²) >= 11 is 0. The van der Waals surface area contributed by atoms with Crippen LogP contribution in [0.5, 0.6) is 11.5 Å². The first-order valence-corrected chi connectivity index (χ1v) is 12.0. The Labute approximate surface area is 199 Å². The minimum absolute atomic E-state index is 0.638. The molecule has 1 fully saturated rings. The number of nitrogens with zero attached hydrogens (tertiary/aromatic N) is 5. The topological polar surface area (TPSA) is 76.8 Å². The van der Waals surface area contributed by atoms with Gasteiger partial charge in [0, 0.05) is 36.1 Å². The highest BCUT2D eigenvalue weighted by Gasteiger charge is 2.19. The second-order valence-electron chi connectivity index (χ2n) is 8.86. The average Bonchev–Trinajstić information content (AvgIpc) is 3.33. The third-order valence-corrected chi connectivity index (χ3v) is 6.65. The Balaban J connectivity index is 1.49. The van der Waals surface area contributed by atoms with Crippen molar-refractivity contribution in [3.63, 3.8) is 0 Å². The van der Waals surface area contributed by atoms with Gasteiger partial charge >= 0.3 is 0 Å². The SMILES string of the molecule is COc1cc2nc(NCCCN3CCCC[C@H]3C)n3nc(-c4ccccc4)nc3c2cc1OC. The van der Waals surface area contributed by atoms with Crippen LogP contribution in [0.15, 0.2) is 42.5 Å². The molecule has 1 aliphatic rings. The normalized spacial score (nSPS) is 16.7. The Morgan fingerprint density at radius 1 is 1.03 bits per heavy atom. The Morgan fingerprint density at radius 2 is 1.82 bits per heavy atom. The van der Waals surface area contributed by atoms with E-state index in [1.165, 1.54) is 25.8 Å². The number of methoxy groups -OCH3 is 2. The van der Waals surface area contributed by atoms with Crippen molar-refractivity contribution in [2.75, 3.05) is 39.2 Å². The van der Waals surface area contributed by atoms with E-state index in [0.717, 1.165) is 41.6 Å². The number of aromatic nitrogens is 4. The van der Waals surface area contributed by atoms with E-state index < -0.39 is 0 Å². The van der Waals surface area contributed by atoms with Gasteiger partial charge in [-0.1, -0.05) is 36.8 Å². The molecule has 0 spiro atoms. The summed E-state index contributed by atoms with van der Waals surface area (Å²) in [6.45, 7) is 5.43. The lowest BCUT2D eigenvalue weighted by Gasteiger charge is -2.33. The molecule has 1 atom stereocenters. The Hall–Kier alpha value is -3.39. The van der Waals surface area contributed by atoms with E-state index in [1.54, 1.807) is 18.7 Å². The van der Waals surface area contributed by atoms with Crippen LogP contribution in [0.4, 0.5) is 5.95 Å². The highest BCUT2D eigenvalue weighted by Crippen LogP contribution is 2.34. The maximum absolute atomic E-state index is 5.53. The summed E-state index contributed by atoms with van der Waals surface area (Å²) in [5.74, 6) is 2.62. The molecular formula is C26H32N6O2. The van der Waals surface area contributed by atoms with Crippen molar-refractivity contribution in [1.29, 1.82) is 0 Å². The molecule has 1 aliphatic heterocycles. The molecule has 0 amide bonds. The summed E-state index contributed by atoms with van der Waals surface area (Å²) < 4.78 is 12.8. The summed E-state index contributed by atoms with van der Waals surface area (Å²) in [6.07, 6.45) is 4.99. The van der Waals surface area contributed by atoms with Gasteiger partial charge < -0.3 is 19.7 Å². The monoisotopic (exact) mass is 460 g/mol. The van der Waals surface area contributed by atoms with Crippen LogP contribution < -0.4 is 14.8 Å². The number of ether oxygens (including phenoxy) is 2. The number of fused-ring (bicyclic) bond motifs is 3. The van der Waals surface area contributed by atoms with Gasteiger partial charge in [-0.2, -0.15) is 4.52 Å². The molecule has 1 N–H and O–H groups in total. The van der Waals surface area contributed by atoms with Crippen LogP contribution in [0.1, 0.15) is 32.6 Å². The third kappa shape index (κ3) is 4.37. The molecule has 2 aromatic heterocycles. The van der Waals surface area contributed by atoms with E-state index in [1.807, 2.05) is 42.5 Å². The molecule has 34 heavy (non-hydrogen) atoms. The van der Waals surface area contributed by atoms with Crippen molar-refractivity contribution in [3.8, 4) is 22.9 Å². The molecule has 4 aromatic rings. The second kappa shape index (κ2) is 9.85. The molecule has 0 radical (unpaired) electrons. The number of piperidine rings is 1. The average molecular weight is 461 g/mol. The Kier molecular flexibility index (Phi) is 6.49. The minimum Gasteiger partial charge on any atom is -0.493 e. The van der Waals surface area contributed by atoms with E-state index >= 15 is 0 Å². The Morgan fingerprint density at radius 3 is 2.59 bits per heavy atom. The zero-order valence-corrected chi connectivity index (χ0v) is 20.1. The lowest BCUT2D eigenvalue weighted by atomic mass is 10.0. The fraction of sp³-hybridized carbons (Fsp3) is 0.423. The first-order valence-electron chi connectivity index (χ1n) is 12.0. The quantitative estimate of drug-likeness (QED) is 0.384. The predicted octanol–water partition coefficient (Wildman–Crippen LogP) is 4.64. The number of benzene rings is 2. The summed E-state index contributed by atoms with van der Waals surface area (Å²) in [4.78, 5) is 12.4. The second-order valence-corrected chi connectivity index (χ2v) is 8.86. The van der Waals surface area contributed by atoms with Gasteiger partial charge in [-0.05, 0) is 38.8 Å². The van der Waals surface area contributed by atoms with Gasteiger partial charge in [-0.15, -0.1) is 5.10 Å². The summed E-state index contributed by atoms with van der Waals surface area (Å²) in [7, 11) is 3.26. The predicted molar refractivity (Wildman–Crippen MR) is 135 cm³/mol. The van der Waals surface area contributed by atoms with Crippen LogP contribution in [0, 0.1) is 0 Å². The van der Waals surface area contributed by atoms with E-state index in [-0.39, 0.29) is 0 Å². The summed E-state index contributed by atoms with van der Waals surface area (Å²) in [5.41, 5.74) is 2.48. The van der Waals surface area contributed by atoms with Crippen LogP contribution in [0.2, 0.25) is 0 Å². The van der Waals surface area contributed by atoms with Crippen LogP contribution in [-0.4, -0.2) is 64.4 Å². The van der Waals surface area contributed by atoms with Gasteiger partial charge in [0.05, 0.1) is 19.7 Å². The van der Waals surface area contributed by atoms with E-state index in [0.29, 0.717) is 29.3 Å². The molecule has 8 nitrogen and oxygen atoms in total. The zero-order chi connectivity index (χ0) is 23.5. The largest absolute Gasteiger partial charge is 0.493 e. The van der Waals surface area contributed by atoms with Gasteiger partial charge in [0.15, 0.2) is 23.0 Å². The molecule has 2 aromatic carbocycles. The van der Waals surface area contributed by atoms with Crippen LogP contribution in [0.3, 0.4) is 0 Å². The summed E-state index contributed by atoms with van der Waals surface area (Å²) in [5, 5.41) is 9.19. The van der Waals surface area contributed by atoms with E-state index in [4.69, 9.17) is 24.5 Å². The Bertz CT molecular complexity index is 1270. The van der Waals surface area contributed by atoms with E-state index in [9.17, 15) is 0 Å². The van der Waals surface area contributed by atoms with Crippen molar-refractivity contribution in [1.82, 2.24) is 24.5 Å². The molecular weight excluding hydrogens is 428 g/mol. The standard InChI is InChI=1S/C26H32N6O2/c1-18-10-7-8-14-31(18)15-9-13-27-26-28-21-17-23(34-3)22(33-2)16-20(21)25-29-24(30-32(25)26)19-11-5-4-6-12-19/h4-6,11-12,16-18H,7-10,13-15H2,1-3H3,(H,27,28)/t18-/m1/s1. The fourth-order valence-electron chi connectivity index (χ4n) is 4.73. The maximum Gasteiger partial charge on any atom is 0.226 e. The van der Waals surface area contributed by atoms with Crippen LogP contribution >= 0.6 is 0 Å². The van der Waals surface area contributed by atoms with Crippen molar-refractivity contribution < 1.29 is 9.47 Å². The maximum atomic E-state index is 5.53.